The Balaban J connectivity index is 0.000000530. The molecule has 1 atom stereocenters. The number of piperidine rings is 1. The van der Waals surface area contributed by atoms with Crippen LogP contribution >= 0.6 is 11.6 Å². The van der Waals surface area contributed by atoms with Crippen molar-refractivity contribution in [3.05, 3.63) is 88.4 Å². The van der Waals surface area contributed by atoms with Crippen molar-refractivity contribution in [2.24, 2.45) is 5.92 Å². The number of carbonyl (C=O) groups is 1. The summed E-state index contributed by atoms with van der Waals surface area (Å²) in [4.78, 5) is 14.8. The fourth-order valence-electron chi connectivity index (χ4n) is 5.51. The molecule has 2 aliphatic rings. The van der Waals surface area contributed by atoms with Crippen molar-refractivity contribution in [3.8, 4) is 11.5 Å². The van der Waals surface area contributed by atoms with Gasteiger partial charge in [-0.05, 0) is 92.6 Å². The third-order valence-corrected chi connectivity index (χ3v) is 9.46. The lowest BCUT2D eigenvalue weighted by atomic mass is 9.77. The van der Waals surface area contributed by atoms with Gasteiger partial charge >= 0.3 is 0 Å². The molecule has 1 amide bonds. The van der Waals surface area contributed by atoms with Gasteiger partial charge in [-0.3, -0.25) is 4.79 Å². The third kappa shape index (κ3) is 8.01. The normalized spacial score (nSPS) is 17.3. The van der Waals surface area contributed by atoms with Crippen LogP contribution in [0.3, 0.4) is 0 Å². The van der Waals surface area contributed by atoms with Gasteiger partial charge in [-0.2, -0.15) is 0 Å². The van der Waals surface area contributed by atoms with Crippen LogP contribution in [0.15, 0.2) is 54.6 Å². The summed E-state index contributed by atoms with van der Waals surface area (Å²) in [6.07, 6.45) is 2.67. The highest BCUT2D eigenvalue weighted by Crippen LogP contribution is 2.39. The number of nitrogens with zero attached hydrogens (tertiary/aromatic N) is 2. The number of carbonyl (C=O) groups excluding carboxylic acids is 1. The Morgan fingerprint density at radius 1 is 1.05 bits per heavy atom. The number of halogens is 1. The maximum absolute atomic E-state index is 13.0. The van der Waals surface area contributed by atoms with Crippen LogP contribution in [0.5, 0.6) is 11.5 Å². The molecule has 1 saturated heterocycles. The second-order valence-electron chi connectivity index (χ2n) is 11.4. The van der Waals surface area contributed by atoms with Gasteiger partial charge in [0.05, 0.1) is 38.0 Å². The van der Waals surface area contributed by atoms with Crippen LogP contribution in [-0.4, -0.2) is 56.3 Å². The first-order chi connectivity index (χ1) is 20.3. The number of methoxy groups -OCH3 is 1. The van der Waals surface area contributed by atoms with Gasteiger partial charge in [0.25, 0.3) is 0 Å². The van der Waals surface area contributed by atoms with Gasteiger partial charge in [0, 0.05) is 29.9 Å². The second kappa shape index (κ2) is 13.6. The SMILES string of the molecule is COc1cc2c(cc1OC(C)C)CN(c1ccc(C(C)(O)C3CCN(S(C)(=O)=O)CC3)cc1)C(=O)C2.Clc1cc#ccc1. The molecule has 5 rings (SSSR count). The van der Waals surface area contributed by atoms with E-state index >= 15 is 0 Å². The molecule has 1 fully saturated rings. The number of sulfonamides is 1. The van der Waals surface area contributed by atoms with E-state index in [1.54, 1.807) is 37.1 Å². The summed E-state index contributed by atoms with van der Waals surface area (Å²) < 4.78 is 36.5. The lowest BCUT2D eigenvalue weighted by Gasteiger charge is -2.39. The Kier molecular flexibility index (Phi) is 10.3. The smallest absolute Gasteiger partial charge is 0.231 e. The van der Waals surface area contributed by atoms with Gasteiger partial charge in [-0.1, -0.05) is 35.9 Å². The summed E-state index contributed by atoms with van der Waals surface area (Å²) in [5, 5.41) is 12.1. The van der Waals surface area contributed by atoms with E-state index < -0.39 is 15.6 Å². The van der Waals surface area contributed by atoms with Crippen LogP contribution in [0.1, 0.15) is 50.3 Å². The number of rotatable bonds is 7. The van der Waals surface area contributed by atoms with Crippen molar-refractivity contribution >= 4 is 33.2 Å². The third-order valence-electron chi connectivity index (χ3n) is 7.92. The summed E-state index contributed by atoms with van der Waals surface area (Å²) in [7, 11) is -1.62. The Labute approximate surface area is 260 Å². The molecule has 3 aromatic rings. The number of benzene rings is 2. The number of hydrogen-bond donors (Lipinski definition) is 1. The summed E-state index contributed by atoms with van der Waals surface area (Å²) >= 11 is 5.49. The molecule has 230 valence electrons. The Hall–Kier alpha value is -3.29. The van der Waals surface area contributed by atoms with Gasteiger partial charge in [-0.25, -0.2) is 12.7 Å². The van der Waals surface area contributed by atoms with E-state index in [4.69, 9.17) is 21.1 Å². The zero-order valence-corrected chi connectivity index (χ0v) is 26.8. The highest BCUT2D eigenvalue weighted by molar-refractivity contribution is 7.88. The van der Waals surface area contributed by atoms with Crippen LogP contribution in [0.4, 0.5) is 5.69 Å². The number of aliphatic hydroxyl groups is 1. The molecule has 10 heteroatoms. The number of ether oxygens (including phenoxy) is 2. The Morgan fingerprint density at radius 3 is 2.21 bits per heavy atom. The molecule has 0 radical (unpaired) electrons. The van der Waals surface area contributed by atoms with E-state index in [2.05, 4.69) is 12.1 Å². The molecule has 1 unspecified atom stereocenters. The average molecular weight is 627 g/mol. The predicted octanol–water partition coefficient (Wildman–Crippen LogP) is 5.39. The van der Waals surface area contributed by atoms with Gasteiger partial charge in [-0.15, -0.1) is 0 Å². The molecule has 2 heterocycles. The van der Waals surface area contributed by atoms with Crippen molar-refractivity contribution in [1.29, 1.82) is 0 Å². The number of anilines is 1. The van der Waals surface area contributed by atoms with Crippen molar-refractivity contribution in [2.75, 3.05) is 31.4 Å². The molecule has 8 nitrogen and oxygen atoms in total. The lowest BCUT2D eigenvalue weighted by Crippen LogP contribution is -2.43. The molecule has 2 aliphatic heterocycles. The minimum atomic E-state index is -3.22. The van der Waals surface area contributed by atoms with Crippen molar-refractivity contribution < 1.29 is 27.8 Å². The minimum Gasteiger partial charge on any atom is -0.493 e. The zero-order valence-electron chi connectivity index (χ0n) is 25.3. The molecule has 0 saturated carbocycles. The number of fused-ring (bicyclic) bond motifs is 1. The Bertz CT molecular complexity index is 1500. The van der Waals surface area contributed by atoms with E-state index in [9.17, 15) is 18.3 Å². The molecular formula is C33H39ClN2O6S. The largest absolute Gasteiger partial charge is 0.493 e. The zero-order chi connectivity index (χ0) is 31.4. The van der Waals surface area contributed by atoms with E-state index in [0.717, 1.165) is 22.4 Å². The van der Waals surface area contributed by atoms with Crippen molar-refractivity contribution in [2.45, 2.75) is 58.3 Å². The maximum atomic E-state index is 13.0. The van der Waals surface area contributed by atoms with Gasteiger partial charge in [0.15, 0.2) is 11.5 Å². The fraction of sp³-hybridized carbons (Fsp3) is 0.424. The first kappa shape index (κ1) is 32.6. The minimum absolute atomic E-state index is 0.00257. The van der Waals surface area contributed by atoms with Gasteiger partial charge in [0.2, 0.25) is 15.9 Å². The van der Waals surface area contributed by atoms with Gasteiger partial charge in [0.1, 0.15) is 0 Å². The second-order valence-corrected chi connectivity index (χ2v) is 13.8. The fourth-order valence-corrected chi connectivity index (χ4v) is 6.50. The monoisotopic (exact) mass is 626 g/mol. The summed E-state index contributed by atoms with van der Waals surface area (Å²) in [6.45, 7) is 6.95. The predicted molar refractivity (Wildman–Crippen MR) is 168 cm³/mol. The molecule has 1 N–H and O–H groups in total. The molecule has 43 heavy (non-hydrogen) atoms. The van der Waals surface area contributed by atoms with Crippen molar-refractivity contribution in [1.82, 2.24) is 4.31 Å². The van der Waals surface area contributed by atoms with Crippen LogP contribution < -0.4 is 14.4 Å². The highest BCUT2D eigenvalue weighted by Gasteiger charge is 2.38. The van der Waals surface area contributed by atoms with E-state index in [1.807, 2.05) is 50.2 Å². The molecule has 0 aromatic heterocycles. The molecular weight excluding hydrogens is 588 g/mol. The van der Waals surface area contributed by atoms with Crippen LogP contribution in [0, 0.1) is 18.1 Å². The van der Waals surface area contributed by atoms with Crippen LogP contribution in [-0.2, 0) is 33.4 Å². The van der Waals surface area contributed by atoms with Crippen LogP contribution in [0.2, 0.25) is 5.02 Å². The molecule has 0 bridgehead atoms. The van der Waals surface area contributed by atoms with E-state index in [1.165, 1.54) is 10.6 Å². The standard InChI is InChI=1S/C27H36N2O6S.C6H3Cl/c1-18(2)35-25-15-20-17-29(26(30)16-19(20)14-24(25)34-4)23-8-6-21(7-9-23)27(3,31)22-10-12-28(13-11-22)36(5,32)33;7-6-4-2-1-3-5-6/h6-9,14-15,18,22,31H,10-13,16-17H2,1-5H3;2,4-5H. The van der Waals surface area contributed by atoms with E-state index in [0.29, 0.717) is 49.0 Å². The highest BCUT2D eigenvalue weighted by atomic mass is 35.5. The van der Waals surface area contributed by atoms with Crippen molar-refractivity contribution in [3.63, 3.8) is 0 Å². The molecule has 3 aromatic carbocycles. The van der Waals surface area contributed by atoms with Gasteiger partial charge < -0.3 is 19.5 Å². The molecule has 0 aliphatic carbocycles. The topological polar surface area (TPSA) is 96.4 Å². The Morgan fingerprint density at radius 2 is 1.70 bits per heavy atom. The molecule has 0 spiro atoms. The first-order valence-corrected chi connectivity index (χ1v) is 16.5. The summed E-state index contributed by atoms with van der Waals surface area (Å²) in [6, 6.07) is 21.9. The quantitative estimate of drug-likeness (QED) is 0.378. The number of amides is 1. The lowest BCUT2D eigenvalue weighted by molar-refractivity contribution is -0.118. The van der Waals surface area contributed by atoms with Crippen LogP contribution in [0.25, 0.3) is 0 Å². The van der Waals surface area contributed by atoms with E-state index in [-0.39, 0.29) is 24.3 Å². The summed E-state index contributed by atoms with van der Waals surface area (Å²) in [5.41, 5.74) is 2.37. The summed E-state index contributed by atoms with van der Waals surface area (Å²) in [5.74, 6) is 1.22. The maximum Gasteiger partial charge on any atom is 0.231 e. The number of hydrogen-bond acceptors (Lipinski definition) is 6. The average Bonchev–Trinajstić information content (AvgIpc) is 2.97. The first-order valence-electron chi connectivity index (χ1n) is 14.3.